The SMILES string of the molecule is Nc1nc2n(c(=O)c1NS(=O)(=O)[O-])CCCS2. The molecule has 0 atom stereocenters. The Morgan fingerprint density at radius 1 is 1.53 bits per heavy atom. The average Bonchev–Trinajstić information content (AvgIpc) is 2.23. The molecule has 8 nitrogen and oxygen atoms in total. The highest BCUT2D eigenvalue weighted by atomic mass is 32.2. The number of fused-ring (bicyclic) bond motifs is 1. The molecule has 0 spiro atoms. The zero-order valence-corrected chi connectivity index (χ0v) is 10.2. The van der Waals surface area contributed by atoms with Crippen LogP contribution in [0, 0.1) is 0 Å². The number of nitrogens with zero attached hydrogens (tertiary/aromatic N) is 2. The van der Waals surface area contributed by atoms with Crippen molar-refractivity contribution in [2.24, 2.45) is 0 Å². The molecule has 1 aliphatic rings. The minimum atomic E-state index is -4.79. The Balaban J connectivity index is 2.57. The molecular formula is C7H9N4O4S2-. The Morgan fingerprint density at radius 3 is 2.88 bits per heavy atom. The molecule has 3 N–H and O–H groups in total. The van der Waals surface area contributed by atoms with E-state index in [1.54, 1.807) is 4.72 Å². The van der Waals surface area contributed by atoms with Crippen molar-refractivity contribution in [2.45, 2.75) is 18.1 Å². The van der Waals surface area contributed by atoms with Crippen LogP contribution in [0.15, 0.2) is 9.95 Å². The van der Waals surface area contributed by atoms with Crippen molar-refractivity contribution in [2.75, 3.05) is 16.2 Å². The molecule has 2 rings (SSSR count). The molecule has 0 aromatic carbocycles. The molecule has 0 saturated heterocycles. The summed E-state index contributed by atoms with van der Waals surface area (Å²) in [7, 11) is -4.79. The summed E-state index contributed by atoms with van der Waals surface area (Å²) in [5, 5.41) is 0.438. The molecule has 1 aliphatic heterocycles. The molecule has 1 aromatic heterocycles. The molecule has 1 aromatic rings. The first-order valence-electron chi connectivity index (χ1n) is 4.65. The summed E-state index contributed by atoms with van der Waals surface area (Å²) >= 11 is 1.36. The fourth-order valence-electron chi connectivity index (χ4n) is 1.47. The van der Waals surface area contributed by atoms with Gasteiger partial charge < -0.3 is 10.3 Å². The lowest BCUT2D eigenvalue weighted by atomic mass is 10.4. The Hall–Kier alpha value is -1.26. The third-order valence-corrected chi connectivity index (χ3v) is 3.66. The highest BCUT2D eigenvalue weighted by Gasteiger charge is 2.18. The van der Waals surface area contributed by atoms with Crippen LogP contribution in [0.5, 0.6) is 0 Å². The summed E-state index contributed by atoms with van der Waals surface area (Å²) in [5.41, 5.74) is 4.33. The van der Waals surface area contributed by atoms with Gasteiger partial charge in [0.15, 0.2) is 27.0 Å². The van der Waals surface area contributed by atoms with Crippen LogP contribution in [0.1, 0.15) is 6.42 Å². The van der Waals surface area contributed by atoms with Crippen LogP contribution in [0.4, 0.5) is 11.5 Å². The van der Waals surface area contributed by atoms with E-state index in [1.165, 1.54) is 16.3 Å². The monoisotopic (exact) mass is 277 g/mol. The number of thioether (sulfide) groups is 1. The molecule has 17 heavy (non-hydrogen) atoms. The van der Waals surface area contributed by atoms with Gasteiger partial charge in [0, 0.05) is 12.3 Å². The Bertz CT molecular complexity index is 609. The standard InChI is InChI=1S/C7H10N4O4S2/c8-5-4(10-17(13,14)15)6(12)11-2-1-3-16-7(11)9-5/h10H,1-3,8H2,(H,13,14,15)/p-1. The first-order valence-corrected chi connectivity index (χ1v) is 7.04. The lowest BCUT2D eigenvalue weighted by molar-refractivity contribution is 0.469. The van der Waals surface area contributed by atoms with E-state index in [-0.39, 0.29) is 5.82 Å². The lowest BCUT2D eigenvalue weighted by Gasteiger charge is -2.19. The molecule has 0 amide bonds. The number of aromatic nitrogens is 2. The molecule has 0 bridgehead atoms. The summed E-state index contributed by atoms with van der Waals surface area (Å²) in [6.07, 6.45) is 0.771. The van der Waals surface area contributed by atoms with E-state index in [0.717, 1.165) is 12.2 Å². The van der Waals surface area contributed by atoms with Crippen LogP contribution in [0.2, 0.25) is 0 Å². The molecule has 0 aliphatic carbocycles. The lowest BCUT2D eigenvalue weighted by Crippen LogP contribution is -2.31. The van der Waals surface area contributed by atoms with Crippen LogP contribution >= 0.6 is 11.8 Å². The van der Waals surface area contributed by atoms with E-state index in [9.17, 15) is 17.8 Å². The normalized spacial score (nSPS) is 15.4. The van der Waals surface area contributed by atoms with E-state index in [2.05, 4.69) is 4.98 Å². The molecule has 94 valence electrons. The van der Waals surface area contributed by atoms with Crippen LogP contribution in [-0.2, 0) is 16.8 Å². The second kappa shape index (κ2) is 4.20. The molecule has 0 fully saturated rings. The van der Waals surface area contributed by atoms with Crippen molar-refractivity contribution in [3.8, 4) is 0 Å². The Morgan fingerprint density at radius 2 is 2.24 bits per heavy atom. The quantitative estimate of drug-likeness (QED) is 0.534. The van der Waals surface area contributed by atoms with Gasteiger partial charge in [-0.05, 0) is 6.42 Å². The molecule has 0 radical (unpaired) electrons. The minimum Gasteiger partial charge on any atom is -0.731 e. The second-order valence-corrected chi connectivity index (χ2v) is 5.54. The number of anilines is 2. The number of hydrogen-bond acceptors (Lipinski definition) is 7. The van der Waals surface area contributed by atoms with E-state index in [4.69, 9.17) is 5.73 Å². The van der Waals surface area contributed by atoms with Crippen molar-refractivity contribution < 1.29 is 13.0 Å². The molecule has 2 heterocycles. The van der Waals surface area contributed by atoms with Crippen molar-refractivity contribution >= 4 is 33.6 Å². The summed E-state index contributed by atoms with van der Waals surface area (Å²) in [6.45, 7) is 0.433. The van der Waals surface area contributed by atoms with Gasteiger partial charge in [-0.2, -0.15) is 0 Å². The number of nitrogens with one attached hydrogen (secondary N) is 1. The first-order chi connectivity index (χ1) is 7.88. The van der Waals surface area contributed by atoms with Crippen LogP contribution in [0.3, 0.4) is 0 Å². The maximum Gasteiger partial charge on any atom is 0.280 e. The summed E-state index contributed by atoms with van der Waals surface area (Å²) in [6, 6.07) is 0. The molecular weight excluding hydrogens is 268 g/mol. The third-order valence-electron chi connectivity index (χ3n) is 2.15. The summed E-state index contributed by atoms with van der Waals surface area (Å²) in [5.74, 6) is 0.536. The van der Waals surface area contributed by atoms with Gasteiger partial charge in [-0.25, -0.2) is 13.4 Å². The van der Waals surface area contributed by atoms with Crippen LogP contribution in [-0.4, -0.2) is 28.3 Å². The predicted molar refractivity (Wildman–Crippen MR) is 61.6 cm³/mol. The van der Waals surface area contributed by atoms with Crippen molar-refractivity contribution in [3.05, 3.63) is 10.4 Å². The van der Waals surface area contributed by atoms with Gasteiger partial charge in [-0.1, -0.05) is 11.8 Å². The van der Waals surface area contributed by atoms with Gasteiger partial charge in [-0.15, -0.1) is 0 Å². The van der Waals surface area contributed by atoms with Crippen molar-refractivity contribution in [1.82, 2.24) is 9.55 Å². The zero-order valence-electron chi connectivity index (χ0n) is 8.54. The number of nitrogen functional groups attached to an aromatic ring is 1. The van der Waals surface area contributed by atoms with Gasteiger partial charge >= 0.3 is 0 Å². The fourth-order valence-corrected chi connectivity index (χ4v) is 2.86. The molecule has 10 heteroatoms. The fraction of sp³-hybridized carbons (Fsp3) is 0.429. The van der Waals surface area contributed by atoms with Gasteiger partial charge in [0.2, 0.25) is 0 Å². The van der Waals surface area contributed by atoms with Crippen molar-refractivity contribution in [3.63, 3.8) is 0 Å². The largest absolute Gasteiger partial charge is 0.731 e. The van der Waals surface area contributed by atoms with E-state index in [0.29, 0.717) is 11.7 Å². The highest BCUT2D eigenvalue weighted by molar-refractivity contribution is 7.99. The minimum absolute atomic E-state index is 0.282. The predicted octanol–water partition coefficient (Wildman–Crippen LogP) is -0.807. The van der Waals surface area contributed by atoms with Crippen LogP contribution in [0.25, 0.3) is 0 Å². The Kier molecular flexibility index (Phi) is 3.02. The average molecular weight is 277 g/mol. The van der Waals surface area contributed by atoms with E-state index in [1.807, 2.05) is 0 Å². The number of nitrogens with two attached hydrogens (primary N) is 1. The summed E-state index contributed by atoms with van der Waals surface area (Å²) < 4.78 is 34.6. The number of rotatable bonds is 2. The van der Waals surface area contributed by atoms with E-state index >= 15 is 0 Å². The van der Waals surface area contributed by atoms with Gasteiger partial charge in [0.25, 0.3) is 5.56 Å². The zero-order chi connectivity index (χ0) is 12.6. The summed E-state index contributed by atoms with van der Waals surface area (Å²) in [4.78, 5) is 15.8. The van der Waals surface area contributed by atoms with Gasteiger partial charge in [-0.3, -0.25) is 14.1 Å². The molecule has 0 unspecified atom stereocenters. The van der Waals surface area contributed by atoms with Crippen molar-refractivity contribution in [1.29, 1.82) is 0 Å². The Labute approximate surface area is 101 Å². The molecule has 0 saturated carbocycles. The smallest absolute Gasteiger partial charge is 0.280 e. The second-order valence-electron chi connectivity index (χ2n) is 3.37. The van der Waals surface area contributed by atoms with E-state index < -0.39 is 21.6 Å². The number of hydrogen-bond donors (Lipinski definition) is 2. The third kappa shape index (κ3) is 2.53. The highest BCUT2D eigenvalue weighted by Crippen LogP contribution is 2.24. The first kappa shape index (κ1) is 12.2. The van der Waals surface area contributed by atoms with Gasteiger partial charge in [0.05, 0.1) is 0 Å². The topological polar surface area (TPSA) is 130 Å². The van der Waals surface area contributed by atoms with Crippen LogP contribution < -0.4 is 16.0 Å². The maximum atomic E-state index is 11.9. The maximum absolute atomic E-state index is 11.9. The van der Waals surface area contributed by atoms with Gasteiger partial charge in [0.1, 0.15) is 0 Å².